The van der Waals surface area contributed by atoms with Crippen LogP contribution in [0.5, 0.6) is 11.5 Å². The SMILES string of the molecule is COc1ccc(S(=O)(=O)N(CC(=O)N(Cc2ccc(Cl)cc2Cl)C(C)C(=O)NC2CCCCC2)c2ccc(C)cc2)cc1OC. The van der Waals surface area contributed by atoms with Crippen LogP contribution in [0.4, 0.5) is 5.69 Å². The molecule has 1 N–H and O–H groups in total. The molecule has 4 rings (SSSR count). The molecule has 1 unspecified atom stereocenters. The number of sulfonamides is 1. The van der Waals surface area contributed by atoms with Gasteiger partial charge in [0.2, 0.25) is 11.8 Å². The first-order valence-corrected chi connectivity index (χ1v) is 17.0. The van der Waals surface area contributed by atoms with Crippen LogP contribution in [0.15, 0.2) is 65.6 Å². The van der Waals surface area contributed by atoms with Gasteiger partial charge in [-0.15, -0.1) is 0 Å². The second-order valence-corrected chi connectivity index (χ2v) is 13.8. The minimum Gasteiger partial charge on any atom is -0.493 e. The highest BCUT2D eigenvalue weighted by molar-refractivity contribution is 7.92. The number of ether oxygens (including phenoxy) is 2. The van der Waals surface area contributed by atoms with E-state index in [1.165, 1.54) is 37.3 Å². The summed E-state index contributed by atoms with van der Waals surface area (Å²) in [5.41, 5.74) is 1.77. The Bertz CT molecular complexity index is 1610. The summed E-state index contributed by atoms with van der Waals surface area (Å²) in [6, 6.07) is 15.1. The molecular weight excluding hydrogens is 637 g/mol. The Labute approximate surface area is 275 Å². The molecule has 12 heteroatoms. The lowest BCUT2D eigenvalue weighted by Gasteiger charge is -2.33. The summed E-state index contributed by atoms with van der Waals surface area (Å²) >= 11 is 12.6. The fourth-order valence-corrected chi connectivity index (χ4v) is 7.23. The zero-order valence-corrected chi connectivity index (χ0v) is 28.2. The van der Waals surface area contributed by atoms with Gasteiger partial charge in [0.1, 0.15) is 12.6 Å². The van der Waals surface area contributed by atoms with Gasteiger partial charge in [0.05, 0.1) is 24.8 Å². The molecule has 1 atom stereocenters. The third kappa shape index (κ3) is 8.42. The molecule has 0 radical (unpaired) electrons. The maximum Gasteiger partial charge on any atom is 0.264 e. The highest BCUT2D eigenvalue weighted by Gasteiger charge is 2.34. The number of rotatable bonds is 12. The molecule has 9 nitrogen and oxygen atoms in total. The maximum absolute atomic E-state index is 14.2. The number of methoxy groups -OCH3 is 2. The number of nitrogens with one attached hydrogen (secondary N) is 1. The second-order valence-electron chi connectivity index (χ2n) is 11.1. The van der Waals surface area contributed by atoms with Crippen LogP contribution in [0.3, 0.4) is 0 Å². The molecule has 45 heavy (non-hydrogen) atoms. The molecule has 0 aromatic heterocycles. The predicted molar refractivity (Wildman–Crippen MR) is 177 cm³/mol. The van der Waals surface area contributed by atoms with Crippen molar-refractivity contribution in [3.05, 3.63) is 81.8 Å². The van der Waals surface area contributed by atoms with Crippen LogP contribution in [0.2, 0.25) is 10.0 Å². The highest BCUT2D eigenvalue weighted by Crippen LogP contribution is 2.33. The smallest absolute Gasteiger partial charge is 0.264 e. The number of anilines is 1. The van der Waals surface area contributed by atoms with E-state index in [9.17, 15) is 18.0 Å². The Morgan fingerprint density at radius 1 is 0.933 bits per heavy atom. The molecule has 242 valence electrons. The highest BCUT2D eigenvalue weighted by atomic mass is 35.5. The van der Waals surface area contributed by atoms with Crippen LogP contribution >= 0.6 is 23.2 Å². The van der Waals surface area contributed by atoms with E-state index in [4.69, 9.17) is 32.7 Å². The van der Waals surface area contributed by atoms with Crippen molar-refractivity contribution in [1.82, 2.24) is 10.2 Å². The van der Waals surface area contributed by atoms with Crippen molar-refractivity contribution in [2.45, 2.75) is 69.5 Å². The van der Waals surface area contributed by atoms with Gasteiger partial charge in [0.15, 0.2) is 11.5 Å². The lowest BCUT2D eigenvalue weighted by atomic mass is 9.95. The molecular formula is C33H39Cl2N3O6S. The summed E-state index contributed by atoms with van der Waals surface area (Å²) in [5.74, 6) is -0.319. The largest absolute Gasteiger partial charge is 0.493 e. The normalized spacial score (nSPS) is 14.4. The first kappa shape index (κ1) is 34.4. The minimum atomic E-state index is -4.30. The third-order valence-electron chi connectivity index (χ3n) is 8.02. The number of benzene rings is 3. The molecule has 1 fully saturated rings. The van der Waals surface area contributed by atoms with Gasteiger partial charge in [-0.2, -0.15) is 0 Å². The Kier molecular flexibility index (Phi) is 11.6. The van der Waals surface area contributed by atoms with Crippen LogP contribution in [0.25, 0.3) is 0 Å². The molecule has 1 saturated carbocycles. The number of aryl methyl sites for hydroxylation is 1. The van der Waals surface area contributed by atoms with Crippen LogP contribution in [0.1, 0.15) is 50.2 Å². The van der Waals surface area contributed by atoms with Crippen molar-refractivity contribution >= 4 is 50.7 Å². The van der Waals surface area contributed by atoms with Crippen molar-refractivity contribution in [3.8, 4) is 11.5 Å². The summed E-state index contributed by atoms with van der Waals surface area (Å²) in [4.78, 5) is 29.0. The monoisotopic (exact) mass is 675 g/mol. The van der Waals surface area contributed by atoms with Crippen molar-refractivity contribution in [2.75, 3.05) is 25.1 Å². The topological polar surface area (TPSA) is 105 Å². The predicted octanol–water partition coefficient (Wildman–Crippen LogP) is 6.38. The van der Waals surface area contributed by atoms with Gasteiger partial charge in [0, 0.05) is 28.7 Å². The lowest BCUT2D eigenvalue weighted by Crippen LogP contribution is -2.53. The average Bonchev–Trinajstić information content (AvgIpc) is 3.03. The first-order chi connectivity index (χ1) is 21.4. The molecule has 0 aliphatic heterocycles. The number of hydrogen-bond acceptors (Lipinski definition) is 6. The van der Waals surface area contributed by atoms with Crippen molar-refractivity contribution in [2.24, 2.45) is 0 Å². The van der Waals surface area contributed by atoms with E-state index < -0.39 is 28.5 Å². The van der Waals surface area contributed by atoms with Gasteiger partial charge in [0.25, 0.3) is 10.0 Å². The molecule has 3 aromatic rings. The maximum atomic E-state index is 14.2. The van der Waals surface area contributed by atoms with E-state index in [2.05, 4.69) is 5.32 Å². The van der Waals surface area contributed by atoms with Crippen molar-refractivity contribution < 1.29 is 27.5 Å². The van der Waals surface area contributed by atoms with E-state index in [-0.39, 0.29) is 34.8 Å². The third-order valence-corrected chi connectivity index (χ3v) is 10.4. The van der Waals surface area contributed by atoms with Crippen LogP contribution in [-0.2, 0) is 26.2 Å². The zero-order valence-electron chi connectivity index (χ0n) is 25.9. The van der Waals surface area contributed by atoms with E-state index in [1.807, 2.05) is 6.92 Å². The van der Waals surface area contributed by atoms with Gasteiger partial charge in [-0.3, -0.25) is 13.9 Å². The van der Waals surface area contributed by atoms with Crippen LogP contribution < -0.4 is 19.1 Å². The molecule has 0 saturated heterocycles. The summed E-state index contributed by atoms with van der Waals surface area (Å²) in [6.45, 7) is 2.91. The Morgan fingerprint density at radius 3 is 2.22 bits per heavy atom. The lowest BCUT2D eigenvalue weighted by molar-refractivity contribution is -0.139. The first-order valence-electron chi connectivity index (χ1n) is 14.8. The van der Waals surface area contributed by atoms with E-state index in [0.29, 0.717) is 21.4 Å². The van der Waals surface area contributed by atoms with Gasteiger partial charge in [-0.1, -0.05) is 66.2 Å². The number of amides is 2. The standard InChI is InChI=1S/C33H39Cl2N3O6S/c1-22-10-14-27(15-11-22)38(45(41,42)28-16-17-30(43-3)31(19-28)44-4)21-32(39)37(20-24-12-13-25(34)18-29(24)35)23(2)33(40)36-26-8-6-5-7-9-26/h10-19,23,26H,5-9,20-21H2,1-4H3,(H,36,40). The molecule has 3 aromatic carbocycles. The Balaban J connectivity index is 1.72. The number of carbonyl (C=O) groups is 2. The number of nitrogens with zero attached hydrogens (tertiary/aromatic N) is 2. The number of carbonyl (C=O) groups excluding carboxylic acids is 2. The fraction of sp³-hybridized carbons (Fsp3) is 0.394. The van der Waals surface area contributed by atoms with Gasteiger partial charge >= 0.3 is 0 Å². The second kappa shape index (κ2) is 15.2. The summed E-state index contributed by atoms with van der Waals surface area (Å²) in [6.07, 6.45) is 4.94. The quantitative estimate of drug-likeness (QED) is 0.239. The molecule has 2 amide bonds. The van der Waals surface area contributed by atoms with Crippen molar-refractivity contribution in [3.63, 3.8) is 0 Å². The van der Waals surface area contributed by atoms with Gasteiger partial charge in [-0.25, -0.2) is 8.42 Å². The molecule has 1 aliphatic carbocycles. The Morgan fingerprint density at radius 2 is 1.60 bits per heavy atom. The number of hydrogen-bond donors (Lipinski definition) is 1. The summed E-state index contributed by atoms with van der Waals surface area (Å²) in [7, 11) is -1.44. The molecule has 0 bridgehead atoms. The van der Waals surface area contributed by atoms with Crippen LogP contribution in [-0.4, -0.2) is 58.0 Å². The molecule has 1 aliphatic rings. The van der Waals surface area contributed by atoms with E-state index >= 15 is 0 Å². The molecule has 0 heterocycles. The number of halogens is 2. The van der Waals surface area contributed by atoms with E-state index in [0.717, 1.165) is 42.0 Å². The Hall–Kier alpha value is -3.47. The van der Waals surface area contributed by atoms with Crippen LogP contribution in [0, 0.1) is 6.92 Å². The van der Waals surface area contributed by atoms with E-state index in [1.54, 1.807) is 49.4 Å². The average molecular weight is 677 g/mol. The zero-order chi connectivity index (χ0) is 32.7. The summed E-state index contributed by atoms with van der Waals surface area (Å²) in [5, 5.41) is 3.84. The summed E-state index contributed by atoms with van der Waals surface area (Å²) < 4.78 is 40.1. The van der Waals surface area contributed by atoms with Crippen molar-refractivity contribution in [1.29, 1.82) is 0 Å². The van der Waals surface area contributed by atoms with Gasteiger partial charge < -0.3 is 19.7 Å². The molecule has 0 spiro atoms. The minimum absolute atomic E-state index is 0.0271. The van der Waals surface area contributed by atoms with Gasteiger partial charge in [-0.05, 0) is 68.7 Å². The fourth-order valence-electron chi connectivity index (χ4n) is 5.33.